The Morgan fingerprint density at radius 2 is 1.55 bits per heavy atom. The molecule has 0 spiro atoms. The Bertz CT molecular complexity index is 1860. The highest BCUT2D eigenvalue weighted by molar-refractivity contribution is 7.98. The number of pyridine rings is 1. The second-order valence-electron chi connectivity index (χ2n) is 9.43. The molecular formula is C33H26Cl2N4O2S. The molecule has 0 aliphatic rings. The fourth-order valence-corrected chi connectivity index (χ4v) is 6.31. The predicted molar refractivity (Wildman–Crippen MR) is 171 cm³/mol. The summed E-state index contributed by atoms with van der Waals surface area (Å²) in [4.78, 5) is 5.06. The van der Waals surface area contributed by atoms with Crippen LogP contribution in [-0.4, -0.2) is 26.4 Å². The fraction of sp³-hybridized carbons (Fsp3) is 0.121. The molecule has 0 aliphatic carbocycles. The molecule has 2 aromatic heterocycles. The number of para-hydroxylation sites is 2. The molecule has 42 heavy (non-hydrogen) atoms. The van der Waals surface area contributed by atoms with Crippen LogP contribution in [0.1, 0.15) is 12.5 Å². The number of thioether (sulfide) groups is 1. The summed E-state index contributed by atoms with van der Waals surface area (Å²) >= 11 is 14.3. The number of ether oxygens (including phenoxy) is 2. The molecule has 0 aliphatic heterocycles. The molecule has 9 heteroatoms. The van der Waals surface area contributed by atoms with Gasteiger partial charge in [-0.15, -0.1) is 10.2 Å². The molecule has 4 aromatic carbocycles. The van der Waals surface area contributed by atoms with Gasteiger partial charge in [-0.25, -0.2) is 4.98 Å². The fourth-order valence-electron chi connectivity index (χ4n) is 4.66. The molecule has 0 unspecified atom stereocenters. The summed E-state index contributed by atoms with van der Waals surface area (Å²) in [5.41, 5.74) is 4.18. The topological polar surface area (TPSA) is 62.1 Å². The van der Waals surface area contributed by atoms with E-state index in [0.29, 0.717) is 34.0 Å². The molecule has 0 radical (unpaired) electrons. The van der Waals surface area contributed by atoms with Crippen LogP contribution in [0.4, 0.5) is 0 Å². The summed E-state index contributed by atoms with van der Waals surface area (Å²) in [7, 11) is 1.96. The molecular weight excluding hydrogens is 587 g/mol. The van der Waals surface area contributed by atoms with Crippen LogP contribution in [0.15, 0.2) is 102 Å². The Hall–Kier alpha value is -4.04. The third-order valence-electron chi connectivity index (χ3n) is 6.71. The Morgan fingerprint density at radius 1 is 0.786 bits per heavy atom. The second-order valence-corrected chi connectivity index (χ2v) is 11.2. The Balaban J connectivity index is 1.44. The molecule has 0 saturated heterocycles. The maximum absolute atomic E-state index is 6.41. The van der Waals surface area contributed by atoms with Gasteiger partial charge in [0.05, 0.1) is 17.8 Å². The van der Waals surface area contributed by atoms with Gasteiger partial charge in [0.2, 0.25) is 0 Å². The number of rotatable bonds is 9. The van der Waals surface area contributed by atoms with Gasteiger partial charge in [-0.3, -0.25) is 0 Å². The van der Waals surface area contributed by atoms with Crippen LogP contribution in [0.2, 0.25) is 10.0 Å². The van der Waals surface area contributed by atoms with Crippen molar-refractivity contribution in [3.8, 4) is 39.9 Å². The van der Waals surface area contributed by atoms with Crippen molar-refractivity contribution in [3.63, 3.8) is 0 Å². The maximum atomic E-state index is 6.41. The number of aromatic nitrogens is 4. The Morgan fingerprint density at radius 3 is 2.33 bits per heavy atom. The zero-order valence-electron chi connectivity index (χ0n) is 22.9. The van der Waals surface area contributed by atoms with Crippen molar-refractivity contribution in [3.05, 3.63) is 113 Å². The van der Waals surface area contributed by atoms with Crippen molar-refractivity contribution in [2.45, 2.75) is 17.8 Å². The number of fused-ring (bicyclic) bond motifs is 1. The van der Waals surface area contributed by atoms with Crippen LogP contribution < -0.4 is 9.47 Å². The first-order valence-corrected chi connectivity index (χ1v) is 15.1. The number of benzene rings is 4. The quantitative estimate of drug-likeness (QED) is 0.151. The first-order chi connectivity index (χ1) is 20.5. The maximum Gasteiger partial charge on any atom is 0.191 e. The van der Waals surface area contributed by atoms with E-state index in [1.54, 1.807) is 0 Å². The molecule has 0 amide bonds. The normalized spacial score (nSPS) is 11.1. The number of hydrogen-bond acceptors (Lipinski definition) is 6. The standard InChI is InChI=1S/C33H26Cl2N4O2S/c1-3-40-31-15-8-7-12-24(31)30-19-25(23-17-16-22(18-29(23)36-30)41-21-10-5-4-6-11-21)32-37-38-33(39(32)2)42-20-26-27(34)13-9-14-28(26)35/h4-19H,3,20H2,1-2H3. The Labute approximate surface area is 258 Å². The first-order valence-electron chi connectivity index (χ1n) is 13.4. The van der Waals surface area contributed by atoms with E-state index in [0.717, 1.165) is 49.9 Å². The van der Waals surface area contributed by atoms with Gasteiger partial charge >= 0.3 is 0 Å². The lowest BCUT2D eigenvalue weighted by atomic mass is 10.0. The number of nitrogens with zero attached hydrogens (tertiary/aromatic N) is 4. The van der Waals surface area contributed by atoms with Crippen LogP contribution in [-0.2, 0) is 12.8 Å². The molecule has 2 heterocycles. The van der Waals surface area contributed by atoms with E-state index in [-0.39, 0.29) is 0 Å². The van der Waals surface area contributed by atoms with Crippen LogP contribution >= 0.6 is 35.0 Å². The summed E-state index contributed by atoms with van der Waals surface area (Å²) in [6.45, 7) is 2.52. The van der Waals surface area contributed by atoms with Crippen LogP contribution in [0.3, 0.4) is 0 Å². The highest BCUT2D eigenvalue weighted by Crippen LogP contribution is 2.38. The molecule has 0 atom stereocenters. The lowest BCUT2D eigenvalue weighted by Crippen LogP contribution is -1.99. The summed E-state index contributed by atoms with van der Waals surface area (Å²) in [5.74, 6) is 3.48. The largest absolute Gasteiger partial charge is 0.493 e. The van der Waals surface area contributed by atoms with E-state index in [2.05, 4.69) is 10.2 Å². The molecule has 6 aromatic rings. The van der Waals surface area contributed by atoms with E-state index < -0.39 is 0 Å². The predicted octanol–water partition coefficient (Wildman–Crippen LogP) is 9.49. The lowest BCUT2D eigenvalue weighted by Gasteiger charge is -2.14. The molecule has 0 saturated carbocycles. The number of hydrogen-bond donors (Lipinski definition) is 0. The van der Waals surface area contributed by atoms with Crippen molar-refractivity contribution < 1.29 is 9.47 Å². The van der Waals surface area contributed by atoms with Gasteiger partial charge in [-0.2, -0.15) is 0 Å². The summed E-state index contributed by atoms with van der Waals surface area (Å²) in [6, 6.07) is 31.1. The van der Waals surface area contributed by atoms with Gasteiger partial charge in [-0.05, 0) is 67.1 Å². The van der Waals surface area contributed by atoms with Gasteiger partial charge in [0, 0.05) is 45.4 Å². The van der Waals surface area contributed by atoms with Crippen LogP contribution in [0.5, 0.6) is 17.2 Å². The summed E-state index contributed by atoms with van der Waals surface area (Å²) in [6.07, 6.45) is 0. The molecule has 0 N–H and O–H groups in total. The van der Waals surface area contributed by atoms with Crippen molar-refractivity contribution in [1.82, 2.24) is 19.7 Å². The van der Waals surface area contributed by atoms with E-state index >= 15 is 0 Å². The lowest BCUT2D eigenvalue weighted by molar-refractivity contribution is 0.341. The SMILES string of the molecule is CCOc1ccccc1-c1cc(-c2nnc(SCc3c(Cl)cccc3Cl)n2C)c2ccc(Oc3ccccc3)cc2n1. The zero-order chi connectivity index (χ0) is 29.1. The molecule has 210 valence electrons. The molecule has 0 bridgehead atoms. The van der Waals surface area contributed by atoms with Crippen molar-refractivity contribution in [2.24, 2.45) is 7.05 Å². The molecule has 6 rings (SSSR count). The molecule has 6 nitrogen and oxygen atoms in total. The van der Waals surface area contributed by atoms with Crippen LogP contribution in [0, 0.1) is 0 Å². The van der Waals surface area contributed by atoms with Crippen LogP contribution in [0.25, 0.3) is 33.5 Å². The van der Waals surface area contributed by atoms with Crippen molar-refractivity contribution >= 4 is 45.9 Å². The first kappa shape index (κ1) is 28.1. The van der Waals surface area contributed by atoms with Crippen molar-refractivity contribution in [1.29, 1.82) is 0 Å². The smallest absolute Gasteiger partial charge is 0.191 e. The van der Waals surface area contributed by atoms with E-state index in [9.17, 15) is 0 Å². The summed E-state index contributed by atoms with van der Waals surface area (Å²) in [5, 5.41) is 12.1. The van der Waals surface area contributed by atoms with E-state index in [4.69, 9.17) is 37.7 Å². The highest BCUT2D eigenvalue weighted by Gasteiger charge is 2.19. The Kier molecular flexibility index (Phi) is 8.33. The second kappa shape index (κ2) is 12.4. The summed E-state index contributed by atoms with van der Waals surface area (Å²) < 4.78 is 14.1. The van der Waals surface area contributed by atoms with Gasteiger partial charge < -0.3 is 14.0 Å². The van der Waals surface area contributed by atoms with Gasteiger partial charge in [0.25, 0.3) is 0 Å². The van der Waals surface area contributed by atoms with Gasteiger partial charge in [0.15, 0.2) is 11.0 Å². The van der Waals surface area contributed by atoms with Crippen molar-refractivity contribution in [2.75, 3.05) is 6.61 Å². The average Bonchev–Trinajstić information content (AvgIpc) is 3.37. The third kappa shape index (κ3) is 5.81. The third-order valence-corrected chi connectivity index (χ3v) is 8.46. The van der Waals surface area contributed by atoms with E-state index in [1.807, 2.05) is 116 Å². The highest BCUT2D eigenvalue weighted by atomic mass is 35.5. The number of halogens is 2. The van der Waals surface area contributed by atoms with E-state index in [1.165, 1.54) is 11.8 Å². The minimum Gasteiger partial charge on any atom is -0.493 e. The zero-order valence-corrected chi connectivity index (χ0v) is 25.2. The average molecular weight is 614 g/mol. The van der Waals surface area contributed by atoms with Gasteiger partial charge in [0.1, 0.15) is 17.2 Å². The van der Waals surface area contributed by atoms with Gasteiger partial charge in [-0.1, -0.05) is 71.4 Å². The molecule has 0 fully saturated rings. The monoisotopic (exact) mass is 612 g/mol. The minimum atomic E-state index is 0.547. The minimum absolute atomic E-state index is 0.547.